The van der Waals surface area contributed by atoms with E-state index in [1.54, 1.807) is 16.8 Å². The molecule has 0 spiro atoms. The first-order valence-electron chi connectivity index (χ1n) is 11.1. The molecule has 4 aromatic rings. The van der Waals surface area contributed by atoms with Crippen LogP contribution >= 0.6 is 0 Å². The quantitative estimate of drug-likeness (QED) is 0.433. The summed E-state index contributed by atoms with van der Waals surface area (Å²) in [7, 11) is 0. The van der Waals surface area contributed by atoms with E-state index in [0.717, 1.165) is 48.6 Å². The number of hydrogen-bond acceptors (Lipinski definition) is 7. The monoisotopic (exact) mass is 461 g/mol. The topological polar surface area (TPSA) is 99.4 Å². The minimum absolute atomic E-state index is 0.0368. The standard InChI is InChI=1S/C24H24FN7O2/c25-18-5-7-19(8-6-18)30-11-13-31(14-12-30)21-15-22(28-24(27-21)26-10-9-23(33)34)32-16-17-3-1-2-4-20(17)29-32/h1-8,15-16H,9-14H2,(H,33,34)(H,26,27,28). The van der Waals surface area contributed by atoms with Crippen LogP contribution in [0.3, 0.4) is 0 Å². The van der Waals surface area contributed by atoms with Gasteiger partial charge in [-0.2, -0.15) is 15.1 Å². The molecule has 2 N–H and O–H groups in total. The average molecular weight is 462 g/mol. The zero-order valence-electron chi connectivity index (χ0n) is 18.4. The number of rotatable bonds is 7. The molecule has 1 fully saturated rings. The molecule has 0 atom stereocenters. The van der Waals surface area contributed by atoms with E-state index in [-0.39, 0.29) is 18.8 Å². The molecule has 0 aliphatic carbocycles. The first-order chi connectivity index (χ1) is 16.5. The Morgan fingerprint density at radius 1 is 0.971 bits per heavy atom. The molecular formula is C24H24FN7O2. The van der Waals surface area contributed by atoms with E-state index < -0.39 is 5.97 Å². The number of aromatic nitrogens is 4. The van der Waals surface area contributed by atoms with Crippen molar-refractivity contribution in [2.24, 2.45) is 0 Å². The van der Waals surface area contributed by atoms with Crippen molar-refractivity contribution in [1.82, 2.24) is 19.7 Å². The Balaban J connectivity index is 1.39. The van der Waals surface area contributed by atoms with Crippen molar-refractivity contribution in [1.29, 1.82) is 0 Å². The molecule has 2 aromatic heterocycles. The highest BCUT2D eigenvalue weighted by molar-refractivity contribution is 5.78. The molecular weight excluding hydrogens is 437 g/mol. The Hall–Kier alpha value is -4.21. The Kier molecular flexibility index (Phi) is 5.94. The van der Waals surface area contributed by atoms with Gasteiger partial charge in [0.2, 0.25) is 5.95 Å². The molecule has 1 saturated heterocycles. The second-order valence-electron chi connectivity index (χ2n) is 8.06. The van der Waals surface area contributed by atoms with Crippen molar-refractivity contribution in [2.75, 3.05) is 47.8 Å². The summed E-state index contributed by atoms with van der Waals surface area (Å²) in [5, 5.41) is 17.6. The van der Waals surface area contributed by atoms with Gasteiger partial charge in [0.05, 0.1) is 11.9 Å². The molecule has 0 amide bonds. The van der Waals surface area contributed by atoms with Gasteiger partial charge in [-0.1, -0.05) is 18.2 Å². The van der Waals surface area contributed by atoms with Gasteiger partial charge in [-0.3, -0.25) is 4.79 Å². The van der Waals surface area contributed by atoms with Crippen LogP contribution in [0.25, 0.3) is 16.7 Å². The number of hydrogen-bond donors (Lipinski definition) is 2. The Morgan fingerprint density at radius 2 is 1.68 bits per heavy atom. The minimum Gasteiger partial charge on any atom is -0.481 e. The van der Waals surface area contributed by atoms with Crippen LogP contribution in [-0.4, -0.2) is 63.5 Å². The number of piperazine rings is 1. The summed E-state index contributed by atoms with van der Waals surface area (Å²) >= 11 is 0. The van der Waals surface area contributed by atoms with Crippen LogP contribution < -0.4 is 15.1 Å². The molecule has 0 unspecified atom stereocenters. The van der Waals surface area contributed by atoms with Crippen LogP contribution in [0, 0.1) is 5.82 Å². The molecule has 0 radical (unpaired) electrons. The number of fused-ring (bicyclic) bond motifs is 1. The van der Waals surface area contributed by atoms with E-state index in [2.05, 4.69) is 30.2 Å². The summed E-state index contributed by atoms with van der Waals surface area (Å²) in [4.78, 5) is 24.5. The van der Waals surface area contributed by atoms with Crippen molar-refractivity contribution in [3.05, 3.63) is 66.6 Å². The number of carboxylic acids is 1. The van der Waals surface area contributed by atoms with Crippen molar-refractivity contribution in [3.8, 4) is 5.82 Å². The number of nitrogens with one attached hydrogen (secondary N) is 1. The van der Waals surface area contributed by atoms with Crippen LogP contribution in [0.1, 0.15) is 6.42 Å². The van der Waals surface area contributed by atoms with Crippen LogP contribution in [0.5, 0.6) is 0 Å². The van der Waals surface area contributed by atoms with E-state index in [1.165, 1.54) is 12.1 Å². The smallest absolute Gasteiger partial charge is 0.305 e. The van der Waals surface area contributed by atoms with Crippen molar-refractivity contribution >= 4 is 34.3 Å². The Bertz CT molecular complexity index is 1270. The highest BCUT2D eigenvalue weighted by Gasteiger charge is 2.20. The fourth-order valence-electron chi connectivity index (χ4n) is 3.99. The van der Waals surface area contributed by atoms with Gasteiger partial charge in [-0.05, 0) is 30.3 Å². The lowest BCUT2D eigenvalue weighted by molar-refractivity contribution is -0.136. The van der Waals surface area contributed by atoms with Crippen LogP contribution in [-0.2, 0) is 4.79 Å². The fourth-order valence-corrected chi connectivity index (χ4v) is 3.99. The van der Waals surface area contributed by atoms with Gasteiger partial charge in [-0.25, -0.2) is 9.07 Å². The summed E-state index contributed by atoms with van der Waals surface area (Å²) in [5.41, 5.74) is 1.85. The second kappa shape index (κ2) is 9.34. The number of nitrogens with zero attached hydrogens (tertiary/aromatic N) is 6. The van der Waals surface area contributed by atoms with Crippen LogP contribution in [0.2, 0.25) is 0 Å². The van der Waals surface area contributed by atoms with E-state index >= 15 is 0 Å². The zero-order chi connectivity index (χ0) is 23.5. The van der Waals surface area contributed by atoms with Crippen LogP contribution in [0.15, 0.2) is 60.8 Å². The number of aliphatic carboxylic acids is 1. The molecule has 1 aliphatic rings. The molecule has 3 heterocycles. The zero-order valence-corrected chi connectivity index (χ0v) is 18.4. The maximum absolute atomic E-state index is 13.3. The highest BCUT2D eigenvalue weighted by atomic mass is 19.1. The number of carbonyl (C=O) groups is 1. The molecule has 0 saturated carbocycles. The molecule has 5 rings (SSSR count). The largest absolute Gasteiger partial charge is 0.481 e. The maximum Gasteiger partial charge on any atom is 0.305 e. The number of carboxylic acid groups (broad SMARTS) is 1. The van der Waals surface area contributed by atoms with E-state index in [4.69, 9.17) is 5.11 Å². The number of halogens is 1. The van der Waals surface area contributed by atoms with Gasteiger partial charge in [0, 0.05) is 56.1 Å². The fraction of sp³-hybridized carbons (Fsp3) is 0.250. The number of anilines is 3. The summed E-state index contributed by atoms with van der Waals surface area (Å²) in [6.45, 7) is 3.20. The third-order valence-electron chi connectivity index (χ3n) is 5.76. The lowest BCUT2D eigenvalue weighted by Crippen LogP contribution is -2.47. The molecule has 1 aliphatic heterocycles. The molecule has 0 bridgehead atoms. The maximum atomic E-state index is 13.3. The van der Waals surface area contributed by atoms with Gasteiger partial charge in [0.15, 0.2) is 5.82 Å². The first-order valence-corrected chi connectivity index (χ1v) is 11.1. The Morgan fingerprint density at radius 3 is 2.41 bits per heavy atom. The van der Waals surface area contributed by atoms with Crippen molar-refractivity contribution in [2.45, 2.75) is 6.42 Å². The highest BCUT2D eigenvalue weighted by Crippen LogP contribution is 2.23. The molecule has 2 aromatic carbocycles. The second-order valence-corrected chi connectivity index (χ2v) is 8.06. The van der Waals surface area contributed by atoms with E-state index in [1.807, 2.05) is 36.5 Å². The molecule has 10 heteroatoms. The van der Waals surface area contributed by atoms with Gasteiger partial charge in [0.1, 0.15) is 11.6 Å². The summed E-state index contributed by atoms with van der Waals surface area (Å²) < 4.78 is 15.0. The van der Waals surface area contributed by atoms with Gasteiger partial charge >= 0.3 is 5.97 Å². The predicted molar refractivity (Wildman–Crippen MR) is 128 cm³/mol. The summed E-state index contributed by atoms with van der Waals surface area (Å²) in [6, 6.07) is 16.2. The number of benzene rings is 2. The van der Waals surface area contributed by atoms with Crippen molar-refractivity contribution in [3.63, 3.8) is 0 Å². The third-order valence-corrected chi connectivity index (χ3v) is 5.76. The average Bonchev–Trinajstić information content (AvgIpc) is 3.29. The lowest BCUT2D eigenvalue weighted by Gasteiger charge is -2.36. The minimum atomic E-state index is -0.890. The van der Waals surface area contributed by atoms with E-state index in [9.17, 15) is 9.18 Å². The summed E-state index contributed by atoms with van der Waals surface area (Å²) in [5.74, 6) is 0.555. The Labute approximate surface area is 195 Å². The SMILES string of the molecule is O=C(O)CCNc1nc(N2CCN(c3ccc(F)cc3)CC2)cc(-n2cc3ccccc3n2)n1. The van der Waals surface area contributed by atoms with Gasteiger partial charge in [0.25, 0.3) is 0 Å². The van der Waals surface area contributed by atoms with E-state index in [0.29, 0.717) is 11.8 Å². The third kappa shape index (κ3) is 4.75. The van der Waals surface area contributed by atoms with Crippen LogP contribution in [0.4, 0.5) is 21.8 Å². The lowest BCUT2D eigenvalue weighted by atomic mass is 10.2. The predicted octanol–water partition coefficient (Wildman–Crippen LogP) is 3.17. The normalized spacial score (nSPS) is 13.9. The molecule has 9 nitrogen and oxygen atoms in total. The van der Waals surface area contributed by atoms with Gasteiger partial charge in [-0.15, -0.1) is 0 Å². The summed E-state index contributed by atoms with van der Waals surface area (Å²) in [6.07, 6.45) is 1.87. The van der Waals surface area contributed by atoms with Crippen molar-refractivity contribution < 1.29 is 14.3 Å². The molecule has 34 heavy (non-hydrogen) atoms. The first kappa shape index (κ1) is 21.6. The van der Waals surface area contributed by atoms with Gasteiger partial charge < -0.3 is 20.2 Å². The molecule has 174 valence electrons.